The van der Waals surface area contributed by atoms with Crippen LogP contribution in [0.3, 0.4) is 0 Å². The molecule has 10 heteroatoms. The minimum atomic E-state index is -2.43. The Bertz CT molecular complexity index is 1280. The van der Waals surface area contributed by atoms with E-state index in [0.29, 0.717) is 5.57 Å². The molecule has 3 saturated heterocycles. The van der Waals surface area contributed by atoms with Gasteiger partial charge in [-0.15, -0.1) is 0 Å². The first-order valence-electron chi connectivity index (χ1n) is 13.3. The van der Waals surface area contributed by atoms with Crippen molar-refractivity contribution in [3.05, 3.63) is 48.0 Å². The first-order chi connectivity index (χ1) is 18.2. The largest absolute Gasteiger partial charge is 0.453 e. The highest BCUT2D eigenvalue weighted by molar-refractivity contribution is 5.98. The third-order valence-corrected chi connectivity index (χ3v) is 10.5. The first kappa shape index (κ1) is 26.6. The molecular formula is C29H34O10. The summed E-state index contributed by atoms with van der Waals surface area (Å²) in [7, 11) is 0. The van der Waals surface area contributed by atoms with Gasteiger partial charge in [-0.3, -0.25) is 9.59 Å². The average molecular weight is 543 g/mol. The topological polar surface area (TPSA) is 149 Å². The van der Waals surface area contributed by atoms with Gasteiger partial charge in [-0.05, 0) is 17.7 Å². The van der Waals surface area contributed by atoms with E-state index in [1.807, 2.05) is 0 Å². The normalized spacial score (nSPS) is 47.3. The number of carbonyl (C=O) groups is 3. The fourth-order valence-corrected chi connectivity index (χ4v) is 8.32. The van der Waals surface area contributed by atoms with Crippen molar-refractivity contribution in [1.82, 2.24) is 0 Å². The van der Waals surface area contributed by atoms with E-state index in [9.17, 15) is 24.9 Å². The van der Waals surface area contributed by atoms with Crippen molar-refractivity contribution >= 4 is 17.7 Å². The van der Waals surface area contributed by atoms with Crippen LogP contribution in [0.2, 0.25) is 0 Å². The predicted octanol–water partition coefficient (Wildman–Crippen LogP) is 1.30. The van der Waals surface area contributed by atoms with Crippen LogP contribution in [-0.4, -0.2) is 81.1 Å². The Morgan fingerprint density at radius 3 is 2.36 bits per heavy atom. The van der Waals surface area contributed by atoms with Crippen LogP contribution in [0, 0.1) is 22.7 Å². The lowest BCUT2D eigenvalue weighted by molar-refractivity contribution is -0.429. The summed E-state index contributed by atoms with van der Waals surface area (Å²) in [5.74, 6) is -6.87. The number of benzene rings is 1. The lowest BCUT2D eigenvalue weighted by Crippen LogP contribution is -2.87. The summed E-state index contributed by atoms with van der Waals surface area (Å²) in [6.45, 7) is 10.0. The van der Waals surface area contributed by atoms with E-state index in [1.165, 1.54) is 13.8 Å². The van der Waals surface area contributed by atoms with Gasteiger partial charge in [0.25, 0.3) is 0 Å². The second-order valence-electron chi connectivity index (χ2n) is 12.5. The number of rotatable bonds is 3. The molecule has 3 N–H and O–H groups in total. The van der Waals surface area contributed by atoms with Crippen LogP contribution in [0.15, 0.2) is 42.5 Å². The number of ketones is 1. The second-order valence-corrected chi connectivity index (χ2v) is 12.5. The molecular weight excluding hydrogens is 508 g/mol. The fraction of sp³-hybridized carbons (Fsp3) is 0.621. The summed E-state index contributed by atoms with van der Waals surface area (Å²) in [6, 6.07) is 8.22. The third-order valence-electron chi connectivity index (χ3n) is 10.5. The van der Waals surface area contributed by atoms with Crippen molar-refractivity contribution < 1.29 is 48.7 Å². The number of ether oxygens (including phenoxy) is 4. The van der Waals surface area contributed by atoms with E-state index in [4.69, 9.17) is 18.9 Å². The van der Waals surface area contributed by atoms with E-state index in [1.54, 1.807) is 44.2 Å². The van der Waals surface area contributed by atoms with Crippen molar-refractivity contribution in [2.24, 2.45) is 22.7 Å². The quantitative estimate of drug-likeness (QED) is 0.377. The molecule has 0 spiro atoms. The monoisotopic (exact) mass is 542 g/mol. The Labute approximate surface area is 225 Å². The van der Waals surface area contributed by atoms with Crippen molar-refractivity contribution in [1.29, 1.82) is 0 Å². The van der Waals surface area contributed by atoms with Gasteiger partial charge >= 0.3 is 11.9 Å². The first-order valence-corrected chi connectivity index (χ1v) is 13.3. The zero-order valence-corrected chi connectivity index (χ0v) is 22.4. The molecule has 10 atom stereocenters. The molecule has 0 radical (unpaired) electrons. The molecule has 6 aliphatic rings. The van der Waals surface area contributed by atoms with Gasteiger partial charge in [0.05, 0.1) is 35.7 Å². The predicted molar refractivity (Wildman–Crippen MR) is 133 cm³/mol. The zero-order valence-electron chi connectivity index (χ0n) is 22.4. The Hall–Kier alpha value is -2.63. The molecule has 3 aliphatic heterocycles. The highest BCUT2D eigenvalue weighted by atomic mass is 16.7. The summed E-state index contributed by atoms with van der Waals surface area (Å²) >= 11 is 0. The highest BCUT2D eigenvalue weighted by Gasteiger charge is 2.84. The van der Waals surface area contributed by atoms with Crippen LogP contribution < -0.4 is 0 Å². The van der Waals surface area contributed by atoms with Gasteiger partial charge in [0.1, 0.15) is 12.2 Å². The third kappa shape index (κ3) is 2.96. The Morgan fingerprint density at radius 2 is 1.77 bits per heavy atom. The SMILES string of the molecule is C=C1[C@@H]2C[C@@]3(OC(=O)c4ccccc4)C(=O)[C@@H]4[C@]5(OC(C)=O)CO[C@@H]5C[C@H](O)[C@@]4(C)[C@@](O)(O2)[C@@H](O)[C@@H]1C3(C)C. The highest BCUT2D eigenvalue weighted by Crippen LogP contribution is 2.69. The van der Waals surface area contributed by atoms with Crippen LogP contribution in [-0.2, 0) is 28.5 Å². The molecule has 1 aromatic carbocycles. The van der Waals surface area contributed by atoms with Gasteiger partial charge in [-0.1, -0.05) is 45.5 Å². The molecule has 0 amide bonds. The lowest BCUT2D eigenvalue weighted by atomic mass is 9.41. The maximum absolute atomic E-state index is 15.2. The van der Waals surface area contributed by atoms with Crippen molar-refractivity contribution in [2.45, 2.75) is 81.9 Å². The molecule has 39 heavy (non-hydrogen) atoms. The van der Waals surface area contributed by atoms with Crippen molar-refractivity contribution in [2.75, 3.05) is 6.61 Å². The number of aliphatic hydroxyl groups is 3. The average Bonchev–Trinajstić information content (AvgIpc) is 2.86. The molecule has 0 unspecified atom stereocenters. The summed E-state index contributed by atoms with van der Waals surface area (Å²) in [5.41, 5.74) is -5.97. The van der Waals surface area contributed by atoms with Gasteiger partial charge in [-0.2, -0.15) is 0 Å². The van der Waals surface area contributed by atoms with E-state index in [2.05, 4.69) is 6.58 Å². The molecule has 10 nitrogen and oxygen atoms in total. The molecule has 1 aromatic rings. The maximum atomic E-state index is 15.2. The summed E-state index contributed by atoms with van der Waals surface area (Å²) in [6.07, 6.45) is -5.14. The molecule has 3 aliphatic carbocycles. The molecule has 3 heterocycles. The minimum absolute atomic E-state index is 0.0809. The van der Waals surface area contributed by atoms with Gasteiger partial charge in [0, 0.05) is 31.1 Å². The van der Waals surface area contributed by atoms with E-state index in [-0.39, 0.29) is 25.0 Å². The standard InChI is InChI=1S/C29H34O10/c1-14-17-12-28(39-24(34)16-9-7-6-8-10-16)23(33)21-26(5,29(35,38-17)22(32)20(14)25(28,3)4)18(31)11-19-27(21,13-36-19)37-15(2)30/h6-10,17-22,31-32,35H,1,11-13H2,2-5H3/t17-,18-,19+,20+,21-,22-,26+,27-,28+,29-/m0/s1. The van der Waals surface area contributed by atoms with E-state index in [0.717, 1.165) is 0 Å². The molecule has 6 fully saturated rings. The summed E-state index contributed by atoms with van der Waals surface area (Å²) in [4.78, 5) is 41.2. The van der Waals surface area contributed by atoms with Crippen molar-refractivity contribution in [3.8, 4) is 0 Å². The number of hydrogen-bond acceptors (Lipinski definition) is 10. The van der Waals surface area contributed by atoms with E-state index < -0.39 is 81.8 Å². The van der Waals surface area contributed by atoms with Crippen LogP contribution in [0.25, 0.3) is 0 Å². The van der Waals surface area contributed by atoms with Gasteiger partial charge in [-0.25, -0.2) is 4.79 Å². The summed E-state index contributed by atoms with van der Waals surface area (Å²) < 4.78 is 24.0. The molecule has 210 valence electrons. The number of aliphatic hydroxyl groups excluding tert-OH is 2. The molecule has 7 rings (SSSR count). The number of hydrogen-bond donors (Lipinski definition) is 3. The zero-order chi connectivity index (χ0) is 28.3. The van der Waals surface area contributed by atoms with Crippen molar-refractivity contribution in [3.63, 3.8) is 0 Å². The second kappa shape index (κ2) is 7.98. The fourth-order valence-electron chi connectivity index (χ4n) is 8.32. The molecule has 0 aromatic heterocycles. The minimum Gasteiger partial charge on any atom is -0.453 e. The van der Waals surface area contributed by atoms with Gasteiger partial charge < -0.3 is 34.3 Å². The Morgan fingerprint density at radius 1 is 1.10 bits per heavy atom. The lowest BCUT2D eigenvalue weighted by Gasteiger charge is -2.72. The van der Waals surface area contributed by atoms with Gasteiger partial charge in [0.15, 0.2) is 17.0 Å². The number of fused-ring (bicyclic) bond motifs is 1. The number of Topliss-reactive ketones (excluding diaryl/α,β-unsaturated/α-hetero) is 1. The smallest absolute Gasteiger partial charge is 0.339 e. The maximum Gasteiger partial charge on any atom is 0.339 e. The van der Waals surface area contributed by atoms with Crippen LogP contribution in [0.4, 0.5) is 0 Å². The number of esters is 2. The van der Waals surface area contributed by atoms with Crippen LogP contribution in [0.5, 0.6) is 0 Å². The van der Waals surface area contributed by atoms with Crippen LogP contribution in [0.1, 0.15) is 50.9 Å². The molecule has 3 saturated carbocycles. The molecule has 4 bridgehead atoms. The Kier molecular flexibility index (Phi) is 5.44. The number of carbonyl (C=O) groups excluding carboxylic acids is 3. The van der Waals surface area contributed by atoms with E-state index >= 15 is 4.79 Å². The Balaban J connectivity index is 1.62. The summed E-state index contributed by atoms with van der Waals surface area (Å²) in [5, 5.41) is 35.7. The van der Waals surface area contributed by atoms with Gasteiger partial charge in [0.2, 0.25) is 5.79 Å². The van der Waals surface area contributed by atoms with Crippen LogP contribution >= 0.6 is 0 Å².